The topological polar surface area (TPSA) is 67.4 Å². The number of hydrogen-bond acceptors (Lipinski definition) is 5. The Morgan fingerprint density at radius 3 is 2.52 bits per heavy atom. The van der Waals surface area contributed by atoms with Crippen LogP contribution in [-0.4, -0.2) is 30.7 Å². The minimum absolute atomic E-state index is 0.278. The number of nitrogens with one attached hydrogen (secondary N) is 2. The number of para-hydroxylation sites is 1. The van der Waals surface area contributed by atoms with Gasteiger partial charge in [-0.05, 0) is 54.3 Å². The Morgan fingerprint density at radius 2 is 1.81 bits per heavy atom. The van der Waals surface area contributed by atoms with Gasteiger partial charge in [0.2, 0.25) is 0 Å². The fourth-order valence-corrected chi connectivity index (χ4v) is 3.90. The monoisotopic (exact) mass is 462 g/mol. The van der Waals surface area contributed by atoms with E-state index in [1.165, 1.54) is 29.1 Å². The number of rotatable bonds is 10. The number of amides is 2. The average Bonchev–Trinajstić information content (AvgIpc) is 3.27. The normalized spacial score (nSPS) is 10.7. The molecule has 3 aromatic rings. The summed E-state index contributed by atoms with van der Waals surface area (Å²) >= 11 is 2.07. The van der Waals surface area contributed by atoms with E-state index in [0.717, 1.165) is 6.42 Å². The molecule has 5 nitrogen and oxygen atoms in total. The lowest BCUT2D eigenvalue weighted by atomic mass is 10.2. The van der Waals surface area contributed by atoms with Crippen molar-refractivity contribution in [1.82, 2.24) is 5.32 Å². The summed E-state index contributed by atoms with van der Waals surface area (Å²) in [7, 11) is 0. The molecule has 0 saturated heterocycles. The van der Waals surface area contributed by atoms with Crippen LogP contribution in [0.5, 0.6) is 5.75 Å². The van der Waals surface area contributed by atoms with Gasteiger partial charge in [0.25, 0.3) is 17.6 Å². The summed E-state index contributed by atoms with van der Waals surface area (Å²) in [6.45, 7) is 0.195. The number of benzene rings is 2. The van der Waals surface area contributed by atoms with E-state index in [2.05, 4.69) is 10.6 Å². The molecule has 3 rings (SSSR count). The highest BCUT2D eigenvalue weighted by Crippen LogP contribution is 2.26. The van der Waals surface area contributed by atoms with Gasteiger partial charge in [0.05, 0.1) is 5.56 Å². The van der Waals surface area contributed by atoms with Gasteiger partial charge in [0.1, 0.15) is 5.75 Å². The molecule has 2 amide bonds. The first-order valence-electron chi connectivity index (χ1n) is 9.38. The van der Waals surface area contributed by atoms with Crippen molar-refractivity contribution in [2.24, 2.45) is 0 Å². The molecule has 0 aliphatic heterocycles. The first-order chi connectivity index (χ1) is 15.0. The van der Waals surface area contributed by atoms with Crippen LogP contribution in [0.25, 0.3) is 0 Å². The molecule has 2 aromatic carbocycles. The second-order valence-corrected chi connectivity index (χ2v) is 8.42. The Morgan fingerprint density at radius 1 is 1.03 bits per heavy atom. The third-order valence-electron chi connectivity index (χ3n) is 4.09. The second-order valence-electron chi connectivity index (χ2n) is 6.32. The molecule has 0 atom stereocenters. The van der Waals surface area contributed by atoms with Crippen LogP contribution in [0.2, 0.25) is 0 Å². The zero-order chi connectivity index (χ0) is 22.1. The van der Waals surface area contributed by atoms with Crippen molar-refractivity contribution >= 4 is 40.6 Å². The Balaban J connectivity index is 1.50. The minimum atomic E-state index is -2.50. The third-order valence-corrected chi connectivity index (χ3v) is 5.75. The molecule has 0 spiro atoms. The number of thiophene rings is 1. The quantitative estimate of drug-likeness (QED) is 0.414. The Bertz CT molecular complexity index is 996. The van der Waals surface area contributed by atoms with E-state index in [-0.39, 0.29) is 12.5 Å². The molecule has 0 aliphatic carbocycles. The van der Waals surface area contributed by atoms with Crippen LogP contribution in [-0.2, 0) is 11.2 Å². The lowest BCUT2D eigenvalue weighted by Crippen LogP contribution is -2.27. The molecule has 1 aromatic heterocycles. The van der Waals surface area contributed by atoms with Gasteiger partial charge >= 0.3 is 0 Å². The zero-order valence-electron chi connectivity index (χ0n) is 16.3. The number of halogens is 2. The first kappa shape index (κ1) is 22.8. The Hall–Kier alpha value is -2.91. The number of anilines is 1. The van der Waals surface area contributed by atoms with Gasteiger partial charge in [-0.25, -0.2) is 0 Å². The summed E-state index contributed by atoms with van der Waals surface area (Å²) in [5.74, 6) is -2.90. The summed E-state index contributed by atoms with van der Waals surface area (Å²) in [5, 5.41) is 7.48. The smallest absolute Gasteiger partial charge is 0.288 e. The predicted molar refractivity (Wildman–Crippen MR) is 119 cm³/mol. The fraction of sp³-hybridized carbons (Fsp3) is 0.182. The summed E-state index contributed by atoms with van der Waals surface area (Å²) in [6.07, 6.45) is 0.740. The summed E-state index contributed by atoms with van der Waals surface area (Å²) < 4.78 is 30.3. The maximum absolute atomic E-state index is 12.5. The SMILES string of the molecule is O=C(COc1ccccc1C(=O)NCCc1cccs1)Nc1ccc(SC(F)F)cc1. The highest BCUT2D eigenvalue weighted by atomic mass is 32.2. The maximum atomic E-state index is 12.5. The minimum Gasteiger partial charge on any atom is -0.483 e. The molecule has 0 unspecified atom stereocenters. The van der Waals surface area contributed by atoms with Crippen molar-refractivity contribution in [2.75, 3.05) is 18.5 Å². The maximum Gasteiger partial charge on any atom is 0.288 e. The van der Waals surface area contributed by atoms with Gasteiger partial charge in [-0.2, -0.15) is 8.78 Å². The van der Waals surface area contributed by atoms with E-state index in [4.69, 9.17) is 4.74 Å². The number of alkyl halides is 2. The van der Waals surface area contributed by atoms with E-state index in [9.17, 15) is 18.4 Å². The predicted octanol–water partition coefficient (Wildman–Crippen LogP) is 5.05. The number of carbonyl (C=O) groups is 2. The van der Waals surface area contributed by atoms with E-state index in [0.29, 0.717) is 40.2 Å². The van der Waals surface area contributed by atoms with E-state index in [1.54, 1.807) is 35.6 Å². The number of hydrogen-bond donors (Lipinski definition) is 2. The van der Waals surface area contributed by atoms with Crippen LogP contribution in [0.3, 0.4) is 0 Å². The van der Waals surface area contributed by atoms with Crippen molar-refractivity contribution in [3.05, 3.63) is 76.5 Å². The Kier molecular flexibility index (Phi) is 8.43. The summed E-state index contributed by atoms with van der Waals surface area (Å²) in [4.78, 5) is 26.3. The average molecular weight is 463 g/mol. The van der Waals surface area contributed by atoms with Gasteiger partial charge < -0.3 is 15.4 Å². The molecular weight excluding hydrogens is 442 g/mol. The van der Waals surface area contributed by atoms with E-state index < -0.39 is 11.7 Å². The Labute approximate surface area is 186 Å². The molecule has 0 fully saturated rings. The number of thioether (sulfide) groups is 1. The van der Waals surface area contributed by atoms with Crippen molar-refractivity contribution in [1.29, 1.82) is 0 Å². The van der Waals surface area contributed by atoms with Gasteiger partial charge in [-0.3, -0.25) is 9.59 Å². The molecule has 1 heterocycles. The fourth-order valence-electron chi connectivity index (χ4n) is 2.69. The molecule has 2 N–H and O–H groups in total. The number of ether oxygens (including phenoxy) is 1. The summed E-state index contributed by atoms with van der Waals surface area (Å²) in [6, 6.07) is 16.8. The largest absolute Gasteiger partial charge is 0.483 e. The van der Waals surface area contributed by atoms with E-state index in [1.807, 2.05) is 17.5 Å². The van der Waals surface area contributed by atoms with Crippen LogP contribution in [0.4, 0.5) is 14.5 Å². The van der Waals surface area contributed by atoms with Crippen LogP contribution >= 0.6 is 23.1 Å². The standard InChI is InChI=1S/C22H20F2N2O3S2/c23-22(24)31-17-9-7-15(8-10-17)26-20(27)14-29-19-6-2-1-5-18(19)21(28)25-12-11-16-4-3-13-30-16/h1-10,13,22H,11-12,14H2,(H,25,28)(H,26,27). The lowest BCUT2D eigenvalue weighted by molar-refractivity contribution is -0.118. The van der Waals surface area contributed by atoms with Crippen molar-refractivity contribution < 1.29 is 23.1 Å². The van der Waals surface area contributed by atoms with Crippen molar-refractivity contribution in [2.45, 2.75) is 17.1 Å². The third kappa shape index (κ3) is 7.37. The second kappa shape index (κ2) is 11.5. The van der Waals surface area contributed by atoms with Gasteiger partial charge in [-0.15, -0.1) is 11.3 Å². The van der Waals surface area contributed by atoms with Crippen LogP contribution in [0.15, 0.2) is 70.9 Å². The molecule has 0 bridgehead atoms. The van der Waals surface area contributed by atoms with Crippen molar-refractivity contribution in [3.8, 4) is 5.75 Å². The number of carbonyl (C=O) groups excluding carboxylic acids is 2. The van der Waals surface area contributed by atoms with Crippen LogP contribution in [0.1, 0.15) is 15.2 Å². The first-order valence-corrected chi connectivity index (χ1v) is 11.1. The summed E-state index contributed by atoms with van der Waals surface area (Å²) in [5.41, 5.74) is 0.807. The van der Waals surface area contributed by atoms with Crippen LogP contribution < -0.4 is 15.4 Å². The highest BCUT2D eigenvalue weighted by molar-refractivity contribution is 7.99. The van der Waals surface area contributed by atoms with Crippen LogP contribution in [0, 0.1) is 0 Å². The van der Waals surface area contributed by atoms with Gasteiger partial charge in [0.15, 0.2) is 6.61 Å². The molecule has 0 radical (unpaired) electrons. The molecule has 31 heavy (non-hydrogen) atoms. The zero-order valence-corrected chi connectivity index (χ0v) is 18.0. The molecule has 9 heteroatoms. The molecule has 0 aliphatic rings. The molecule has 162 valence electrons. The molecule has 0 saturated carbocycles. The van der Waals surface area contributed by atoms with Gasteiger partial charge in [0, 0.05) is 22.0 Å². The van der Waals surface area contributed by atoms with Crippen molar-refractivity contribution in [3.63, 3.8) is 0 Å². The molecular formula is C22H20F2N2O3S2. The highest BCUT2D eigenvalue weighted by Gasteiger charge is 2.13. The lowest BCUT2D eigenvalue weighted by Gasteiger charge is -2.12. The van der Waals surface area contributed by atoms with Gasteiger partial charge in [-0.1, -0.05) is 30.0 Å². The van der Waals surface area contributed by atoms with E-state index >= 15 is 0 Å².